The zero-order valence-corrected chi connectivity index (χ0v) is 30.4. The van der Waals surface area contributed by atoms with Crippen molar-refractivity contribution < 1.29 is 64.5 Å². The SMILES string of the molecule is CCOC(=O)CN1C(=O)C(Nc2ccc(OC)cc2)=C(c2ccccc2)C1=O.O=C1C(Nc2ccc(OC(F)(F)F)cc2)=C(c2ccccc2)C(=O)N1CC(F)(F)F. The molecule has 2 aliphatic heterocycles. The van der Waals surface area contributed by atoms with Crippen LogP contribution in [0.5, 0.6) is 11.5 Å². The first-order valence-corrected chi connectivity index (χ1v) is 17.1. The van der Waals surface area contributed by atoms with Crippen molar-refractivity contribution in [2.45, 2.75) is 19.5 Å². The van der Waals surface area contributed by atoms with Gasteiger partial charge in [0.1, 0.15) is 36.0 Å². The lowest BCUT2D eigenvalue weighted by atomic mass is 10.0. The molecule has 0 aromatic heterocycles. The van der Waals surface area contributed by atoms with E-state index in [0.717, 1.165) is 29.2 Å². The number of carbonyl (C=O) groups is 5. The number of nitrogens with one attached hydrogen (secondary N) is 2. The van der Waals surface area contributed by atoms with Crippen LogP contribution in [0, 0.1) is 0 Å². The minimum atomic E-state index is -4.90. The van der Waals surface area contributed by atoms with Crippen molar-refractivity contribution in [1.29, 1.82) is 0 Å². The van der Waals surface area contributed by atoms with Gasteiger partial charge < -0.3 is 24.8 Å². The van der Waals surface area contributed by atoms with Gasteiger partial charge >= 0.3 is 18.5 Å². The molecule has 302 valence electrons. The number of methoxy groups -OCH3 is 1. The monoisotopic (exact) mass is 810 g/mol. The number of amides is 4. The lowest BCUT2D eigenvalue weighted by Crippen LogP contribution is -2.40. The van der Waals surface area contributed by atoms with Crippen LogP contribution in [-0.2, 0) is 28.7 Å². The quantitative estimate of drug-likeness (QED) is 0.0893. The summed E-state index contributed by atoms with van der Waals surface area (Å²) in [5.41, 5.74) is 1.12. The van der Waals surface area contributed by atoms with E-state index in [-0.39, 0.29) is 39.6 Å². The molecular formula is C40H32F6N4O8. The summed E-state index contributed by atoms with van der Waals surface area (Å²) in [7, 11) is 1.56. The molecule has 0 atom stereocenters. The Morgan fingerprint density at radius 2 is 1.03 bits per heavy atom. The van der Waals surface area contributed by atoms with Crippen molar-refractivity contribution in [2.75, 3.05) is 37.4 Å². The third-order valence-electron chi connectivity index (χ3n) is 8.11. The van der Waals surface area contributed by atoms with E-state index in [1.807, 2.05) is 6.07 Å². The van der Waals surface area contributed by atoms with Crippen LogP contribution in [0.3, 0.4) is 0 Å². The predicted molar refractivity (Wildman–Crippen MR) is 196 cm³/mol. The van der Waals surface area contributed by atoms with Crippen molar-refractivity contribution in [1.82, 2.24) is 9.80 Å². The second-order valence-electron chi connectivity index (χ2n) is 12.1. The molecule has 0 spiro atoms. The van der Waals surface area contributed by atoms with Gasteiger partial charge in [-0.15, -0.1) is 13.2 Å². The van der Waals surface area contributed by atoms with Gasteiger partial charge in [0.2, 0.25) is 0 Å². The molecule has 6 rings (SSSR count). The molecule has 0 saturated heterocycles. The lowest BCUT2D eigenvalue weighted by Gasteiger charge is -2.17. The zero-order valence-electron chi connectivity index (χ0n) is 30.4. The number of carbonyl (C=O) groups excluding carboxylic acids is 5. The van der Waals surface area contributed by atoms with E-state index >= 15 is 0 Å². The molecule has 0 saturated carbocycles. The molecule has 12 nitrogen and oxygen atoms in total. The maximum Gasteiger partial charge on any atom is 0.573 e. The Bertz CT molecular complexity index is 2230. The highest BCUT2D eigenvalue weighted by Gasteiger charge is 2.45. The normalized spacial score (nSPS) is 14.4. The molecule has 4 amide bonds. The molecule has 0 radical (unpaired) electrons. The fourth-order valence-electron chi connectivity index (χ4n) is 5.63. The summed E-state index contributed by atoms with van der Waals surface area (Å²) in [5, 5.41) is 5.55. The van der Waals surface area contributed by atoms with Gasteiger partial charge in [-0.25, -0.2) is 0 Å². The first-order valence-electron chi connectivity index (χ1n) is 17.1. The molecule has 2 N–H and O–H groups in total. The summed E-state index contributed by atoms with van der Waals surface area (Å²) in [6.45, 7) is -0.374. The minimum absolute atomic E-state index is 0.0613. The summed E-state index contributed by atoms with van der Waals surface area (Å²) in [4.78, 5) is 63.8. The van der Waals surface area contributed by atoms with Crippen LogP contribution in [0.25, 0.3) is 11.1 Å². The molecular weight excluding hydrogens is 778 g/mol. The summed E-state index contributed by atoms with van der Waals surface area (Å²) in [6, 6.07) is 27.5. The van der Waals surface area contributed by atoms with Crippen LogP contribution in [0.2, 0.25) is 0 Å². The number of anilines is 2. The van der Waals surface area contributed by atoms with Gasteiger partial charge in [-0.2, -0.15) is 13.2 Å². The number of alkyl halides is 6. The van der Waals surface area contributed by atoms with Crippen molar-refractivity contribution in [2.24, 2.45) is 0 Å². The summed E-state index contributed by atoms with van der Waals surface area (Å²) >= 11 is 0. The molecule has 4 aromatic carbocycles. The highest BCUT2D eigenvalue weighted by Crippen LogP contribution is 2.34. The number of hydrogen-bond donors (Lipinski definition) is 2. The minimum Gasteiger partial charge on any atom is -0.497 e. The fourth-order valence-corrected chi connectivity index (χ4v) is 5.63. The topological polar surface area (TPSA) is 144 Å². The zero-order chi connectivity index (χ0) is 42.2. The van der Waals surface area contributed by atoms with E-state index < -0.39 is 66.7 Å². The smallest absolute Gasteiger partial charge is 0.497 e. The Hall–Kier alpha value is -7.11. The molecule has 0 aliphatic carbocycles. The fraction of sp³-hybridized carbons (Fsp3) is 0.175. The number of ether oxygens (including phenoxy) is 3. The predicted octanol–water partition coefficient (Wildman–Crippen LogP) is 6.79. The third kappa shape index (κ3) is 10.4. The van der Waals surface area contributed by atoms with Gasteiger partial charge in [0.15, 0.2) is 0 Å². The van der Waals surface area contributed by atoms with Crippen molar-refractivity contribution >= 4 is 52.1 Å². The average Bonchev–Trinajstić information content (AvgIpc) is 3.54. The van der Waals surface area contributed by atoms with Crippen molar-refractivity contribution in [3.63, 3.8) is 0 Å². The number of esters is 1. The second kappa shape index (κ2) is 17.8. The highest BCUT2D eigenvalue weighted by atomic mass is 19.4. The Labute approximate surface area is 326 Å². The number of nitrogens with zero attached hydrogens (tertiary/aromatic N) is 2. The standard InChI is InChI=1S/C21H20N2O5.C19H12F6N2O3/c1-3-28-17(24)13-23-20(25)18(14-7-5-4-6-8-14)19(21(23)26)22-15-9-11-16(27-2)12-10-15;20-18(21,22)10-27-16(28)14(11-4-2-1-3-5-11)15(17(27)29)26-12-6-8-13(9-7-12)30-19(23,24)25/h4-12,22H,3,13H2,1-2H3;1-9,26H,10H2. The van der Waals surface area contributed by atoms with E-state index in [1.165, 1.54) is 24.3 Å². The van der Waals surface area contributed by atoms with Gasteiger partial charge in [0.05, 0.1) is 24.9 Å². The Morgan fingerprint density at radius 3 is 1.45 bits per heavy atom. The number of imide groups is 2. The van der Waals surface area contributed by atoms with Gasteiger partial charge in [-0.05, 0) is 66.6 Å². The second-order valence-corrected chi connectivity index (χ2v) is 12.1. The third-order valence-corrected chi connectivity index (χ3v) is 8.11. The molecule has 18 heteroatoms. The average molecular weight is 811 g/mol. The van der Waals surface area contributed by atoms with Crippen molar-refractivity contribution in [3.05, 3.63) is 132 Å². The van der Waals surface area contributed by atoms with Gasteiger partial charge in [-0.3, -0.25) is 33.8 Å². The molecule has 2 aliphatic rings. The van der Waals surface area contributed by atoms with Crippen LogP contribution in [-0.4, -0.2) is 78.7 Å². The van der Waals surface area contributed by atoms with E-state index in [4.69, 9.17) is 9.47 Å². The van der Waals surface area contributed by atoms with E-state index in [2.05, 4.69) is 15.4 Å². The Kier molecular flexibility index (Phi) is 12.9. The van der Waals surface area contributed by atoms with Gasteiger partial charge in [-0.1, -0.05) is 60.7 Å². The Balaban J connectivity index is 0.000000221. The molecule has 2 heterocycles. The maximum atomic E-state index is 12.9. The lowest BCUT2D eigenvalue weighted by molar-refractivity contribution is -0.274. The molecule has 0 bridgehead atoms. The van der Waals surface area contributed by atoms with E-state index in [1.54, 1.807) is 68.6 Å². The van der Waals surface area contributed by atoms with Gasteiger partial charge in [0.25, 0.3) is 23.6 Å². The van der Waals surface area contributed by atoms with E-state index in [0.29, 0.717) is 17.0 Å². The van der Waals surface area contributed by atoms with Crippen LogP contribution < -0.4 is 20.1 Å². The van der Waals surface area contributed by atoms with Crippen molar-refractivity contribution in [3.8, 4) is 11.5 Å². The number of benzene rings is 4. The summed E-state index contributed by atoms with van der Waals surface area (Å²) in [5.74, 6) is -3.96. The van der Waals surface area contributed by atoms with Crippen LogP contribution in [0.4, 0.5) is 37.7 Å². The first-order chi connectivity index (χ1) is 27.5. The highest BCUT2D eigenvalue weighted by molar-refractivity contribution is 6.37. The Morgan fingerprint density at radius 1 is 0.603 bits per heavy atom. The van der Waals surface area contributed by atoms with E-state index in [9.17, 15) is 50.3 Å². The maximum absolute atomic E-state index is 12.9. The molecule has 0 unspecified atom stereocenters. The summed E-state index contributed by atoms with van der Waals surface area (Å²) < 4.78 is 89.0. The number of halogens is 6. The summed E-state index contributed by atoms with van der Waals surface area (Å²) in [6.07, 6.45) is -9.71. The number of rotatable bonds is 12. The van der Waals surface area contributed by atoms with Gasteiger partial charge in [0, 0.05) is 11.4 Å². The molecule has 4 aromatic rings. The number of hydrogen-bond acceptors (Lipinski definition) is 10. The van der Waals surface area contributed by atoms with Crippen LogP contribution in [0.15, 0.2) is 121 Å². The molecule has 58 heavy (non-hydrogen) atoms. The van der Waals surface area contributed by atoms with Crippen LogP contribution in [0.1, 0.15) is 18.1 Å². The molecule has 0 fully saturated rings. The first kappa shape index (κ1) is 42.0. The largest absolute Gasteiger partial charge is 0.573 e. The van der Waals surface area contributed by atoms with Crippen LogP contribution >= 0.6 is 0 Å².